The Kier molecular flexibility index (Phi) is 5.76. The van der Waals surface area contributed by atoms with Gasteiger partial charge >= 0.3 is 0 Å². The van der Waals surface area contributed by atoms with Gasteiger partial charge in [0.1, 0.15) is 11.2 Å². The van der Waals surface area contributed by atoms with E-state index in [1.165, 1.54) is 12.1 Å². The van der Waals surface area contributed by atoms with E-state index in [1.54, 1.807) is 66.7 Å². The summed E-state index contributed by atoms with van der Waals surface area (Å²) in [6.45, 7) is 4.06. The molecule has 1 atom stereocenters. The lowest BCUT2D eigenvalue weighted by atomic mass is 9.78. The van der Waals surface area contributed by atoms with Gasteiger partial charge < -0.3 is 4.42 Å². The molecule has 1 aromatic heterocycles. The molecular formula is C62H44O. The van der Waals surface area contributed by atoms with E-state index in [2.05, 4.69) is 0 Å². The average molecular weight is 820 g/mol. The van der Waals surface area contributed by atoms with E-state index in [0.717, 1.165) is 22.3 Å². The summed E-state index contributed by atoms with van der Waals surface area (Å²) >= 11 is 0. The van der Waals surface area contributed by atoms with Gasteiger partial charge in [-0.15, -0.1) is 0 Å². The third kappa shape index (κ3) is 6.15. The third-order valence-electron chi connectivity index (χ3n) is 12.4. The van der Waals surface area contributed by atoms with E-state index in [1.807, 2.05) is 68.4 Å². The molecule has 0 amide bonds. The van der Waals surface area contributed by atoms with Gasteiger partial charge in [0, 0.05) is 33.1 Å². The van der Waals surface area contributed by atoms with Crippen molar-refractivity contribution >= 4 is 32.7 Å². The molecule has 1 unspecified atom stereocenters. The maximum absolute atomic E-state index is 10.0. The molecule has 12 rings (SSSR count). The molecule has 0 fully saturated rings. The van der Waals surface area contributed by atoms with Crippen LogP contribution in [0.1, 0.15) is 68.1 Å². The van der Waals surface area contributed by atoms with Crippen LogP contribution in [0, 0.1) is 0 Å². The van der Waals surface area contributed by atoms with E-state index < -0.39 is 41.5 Å². The predicted molar refractivity (Wildman–Crippen MR) is 264 cm³/mol. The Morgan fingerprint density at radius 2 is 1.02 bits per heavy atom. The first-order valence-electron chi connectivity index (χ1n) is 28.3. The molecule has 0 saturated carbocycles. The smallest absolute Gasteiger partial charge is 0.143 e. The van der Waals surface area contributed by atoms with Crippen LogP contribution in [0.15, 0.2) is 229 Å². The fourth-order valence-electron chi connectivity index (χ4n) is 9.28. The minimum Gasteiger partial charge on any atom is -0.455 e. The minimum absolute atomic E-state index is 0.0294. The van der Waals surface area contributed by atoms with Gasteiger partial charge in [-0.2, -0.15) is 0 Å². The molecule has 0 spiro atoms. The van der Waals surface area contributed by atoms with Gasteiger partial charge in [0.2, 0.25) is 0 Å². The zero-order valence-corrected chi connectivity index (χ0v) is 34.2. The Bertz CT molecular complexity index is 4350. The van der Waals surface area contributed by atoms with Crippen molar-refractivity contribution in [3.05, 3.63) is 252 Å². The zero-order valence-electron chi connectivity index (χ0n) is 49.2. The number of hydrogen-bond donors (Lipinski definition) is 0. The van der Waals surface area contributed by atoms with Crippen LogP contribution in [0.25, 0.3) is 88.3 Å². The van der Waals surface area contributed by atoms with Gasteiger partial charge in [-0.3, -0.25) is 0 Å². The van der Waals surface area contributed by atoms with Gasteiger partial charge in [0.25, 0.3) is 0 Å². The highest BCUT2D eigenvalue weighted by Gasteiger charge is 2.36. The van der Waals surface area contributed by atoms with Gasteiger partial charge in [0.15, 0.2) is 0 Å². The molecule has 0 aliphatic heterocycles. The van der Waals surface area contributed by atoms with Crippen LogP contribution in [0.3, 0.4) is 0 Å². The average Bonchev–Trinajstić information content (AvgIpc) is 4.09. The molecule has 10 aromatic carbocycles. The fraction of sp³-hybridized carbons (Fsp3) is 0.0645. The Morgan fingerprint density at radius 3 is 1.78 bits per heavy atom. The van der Waals surface area contributed by atoms with Gasteiger partial charge in [-0.05, 0) is 101 Å². The van der Waals surface area contributed by atoms with E-state index >= 15 is 0 Å². The number of benzene rings is 10. The van der Waals surface area contributed by atoms with Gasteiger partial charge in [-0.25, -0.2) is 0 Å². The largest absolute Gasteiger partial charge is 0.455 e. The zero-order chi connectivity index (χ0) is 55.1. The summed E-state index contributed by atoms with van der Waals surface area (Å²) in [6.07, 6.45) is 0. The van der Waals surface area contributed by atoms with E-state index in [9.17, 15) is 8.22 Å². The van der Waals surface area contributed by atoms with Crippen LogP contribution < -0.4 is 0 Å². The normalized spacial score (nSPS) is 16.6. The summed E-state index contributed by atoms with van der Waals surface area (Å²) in [5.41, 5.74) is 6.52. The van der Waals surface area contributed by atoms with Crippen LogP contribution >= 0.6 is 0 Å². The van der Waals surface area contributed by atoms with E-state index in [-0.39, 0.29) is 110 Å². The fourth-order valence-corrected chi connectivity index (χ4v) is 9.28. The van der Waals surface area contributed by atoms with E-state index in [4.69, 9.17) is 16.8 Å². The highest BCUT2D eigenvalue weighted by molar-refractivity contribution is 6.18. The molecule has 11 aromatic rings. The quantitative estimate of drug-likeness (QED) is 0.146. The lowest BCUT2D eigenvalue weighted by Gasteiger charge is -2.25. The van der Waals surface area contributed by atoms with Gasteiger partial charge in [0.05, 0.1) is 20.6 Å². The summed E-state index contributed by atoms with van der Waals surface area (Å²) < 4.78 is 144. The summed E-state index contributed by atoms with van der Waals surface area (Å²) in [7, 11) is 0. The molecule has 0 N–H and O–H groups in total. The summed E-state index contributed by atoms with van der Waals surface area (Å²) in [6, 6.07) is 34.7. The molecule has 0 bridgehead atoms. The molecule has 1 aliphatic rings. The van der Waals surface area contributed by atoms with Crippen molar-refractivity contribution in [2.75, 3.05) is 0 Å². The first kappa shape index (κ1) is 24.6. The monoisotopic (exact) mass is 819 g/mol. The summed E-state index contributed by atoms with van der Waals surface area (Å²) in [5, 5.41) is 1.03. The number of hydrogen-bond acceptors (Lipinski definition) is 1. The van der Waals surface area contributed by atoms with Crippen molar-refractivity contribution in [2.45, 2.75) is 25.2 Å². The van der Waals surface area contributed by atoms with Crippen molar-refractivity contribution in [1.82, 2.24) is 0 Å². The molecule has 63 heavy (non-hydrogen) atoms. The Balaban J connectivity index is 1.09. The second-order valence-corrected chi connectivity index (χ2v) is 16.4. The Morgan fingerprint density at radius 1 is 0.397 bits per heavy atom. The second-order valence-electron chi connectivity index (χ2n) is 16.4. The van der Waals surface area contributed by atoms with Crippen LogP contribution in [0.2, 0.25) is 0 Å². The molecule has 1 heterocycles. The SMILES string of the molecule is [2H]c1cc2c([2H])cc3c4cc(-c5ccccc5-c5cc([2H])c(C(c6c([2H])cc(-c7ccccc7)cc6[2H])c6c([2H])cc7c(c6[2H])C(C)(C)c6ccccc6-7)c([2H])c5)cc(-c5c([2H])c([2H])c([2H])c([2H])c5[2H])c4oc3c2c([2H])c1[2H]. The Labute approximate surface area is 389 Å². The number of furan rings is 1. The van der Waals surface area contributed by atoms with Crippen molar-refractivity contribution < 1.29 is 25.0 Å². The third-order valence-corrected chi connectivity index (χ3v) is 12.4. The molecule has 1 aliphatic carbocycles. The predicted octanol–water partition coefficient (Wildman–Crippen LogP) is 16.9. The molecule has 1 heteroatoms. The second kappa shape index (κ2) is 14.7. The minimum atomic E-state index is -1.25. The highest BCUT2D eigenvalue weighted by atomic mass is 16.3. The first-order chi connectivity index (χ1) is 37.2. The molecule has 1 nitrogen and oxygen atoms in total. The van der Waals surface area contributed by atoms with Crippen molar-refractivity contribution in [3.63, 3.8) is 0 Å². The van der Waals surface area contributed by atoms with E-state index in [0.29, 0.717) is 44.2 Å². The van der Waals surface area contributed by atoms with Crippen LogP contribution in [0.5, 0.6) is 0 Å². The topological polar surface area (TPSA) is 13.1 Å². The molecule has 298 valence electrons. The summed E-state index contributed by atoms with van der Waals surface area (Å²) in [4.78, 5) is 0. The maximum atomic E-state index is 10.0. The Hall–Kier alpha value is -7.74. The number of rotatable bonds is 7. The number of fused-ring (bicyclic) bond motifs is 8. The molecule has 0 saturated heterocycles. The van der Waals surface area contributed by atoms with Crippen LogP contribution in [-0.4, -0.2) is 0 Å². The highest BCUT2D eigenvalue weighted by Crippen LogP contribution is 2.50. The summed E-state index contributed by atoms with van der Waals surface area (Å²) in [5.74, 6) is -1.25. The van der Waals surface area contributed by atoms with Gasteiger partial charge in [-0.1, -0.05) is 220 Å². The maximum Gasteiger partial charge on any atom is 0.143 e. The lowest BCUT2D eigenvalue weighted by Crippen LogP contribution is -2.15. The van der Waals surface area contributed by atoms with Crippen molar-refractivity contribution in [2.24, 2.45) is 0 Å². The lowest BCUT2D eigenvalue weighted by molar-refractivity contribution is 0.659. The first-order valence-corrected chi connectivity index (χ1v) is 20.8. The molecule has 0 radical (unpaired) electrons. The van der Waals surface area contributed by atoms with Crippen molar-refractivity contribution in [1.29, 1.82) is 0 Å². The standard InChI is InChI=1S/C62H44O/c1-62(2)57-24-14-13-23-52(57)53-35-34-47(39-58(53)62)59(45-29-25-41(26-30-45)40-15-5-3-6-16-40)46-31-27-44(28-32-46)49-20-11-12-21-50(49)48-37-55(42-17-7-4-8-18-42)61-56(38-48)54-36-33-43-19-9-10-22-51(43)60(54)63-61/h3-39,59H,1-2H3/i4D,7D,8D,9D,10D,17D,18D,22D,29D,30D,31D,32D,33D,34D,39D. The van der Waals surface area contributed by atoms with Crippen LogP contribution in [0.4, 0.5) is 0 Å². The molecular weight excluding hydrogens is 761 g/mol. The van der Waals surface area contributed by atoms with Crippen LogP contribution in [-0.2, 0) is 5.41 Å². The van der Waals surface area contributed by atoms with Crippen molar-refractivity contribution in [3.8, 4) is 55.6 Å².